The van der Waals surface area contributed by atoms with Crippen LogP contribution in [0.15, 0.2) is 36.4 Å². The predicted octanol–water partition coefficient (Wildman–Crippen LogP) is 2.07. The Morgan fingerprint density at radius 3 is 2.09 bits per heavy atom. The molecule has 108 valence electrons. The first-order chi connectivity index (χ1) is 10.4. The smallest absolute Gasteiger partial charge is 0.343 e. The van der Waals surface area contributed by atoms with Crippen LogP contribution in [0.25, 0.3) is 0 Å². The van der Waals surface area contributed by atoms with E-state index in [2.05, 4.69) is 0 Å². The summed E-state index contributed by atoms with van der Waals surface area (Å²) in [6, 6.07) is 8.02. The summed E-state index contributed by atoms with van der Waals surface area (Å²) in [5, 5.41) is 20.2. The summed E-state index contributed by atoms with van der Waals surface area (Å²) in [6.07, 6.45) is 0. The van der Waals surface area contributed by atoms with Gasteiger partial charge in [0.15, 0.2) is 11.6 Å². The second kappa shape index (κ2) is 4.59. The Bertz CT molecular complexity index is 884. The van der Waals surface area contributed by atoms with Gasteiger partial charge in [0.2, 0.25) is 0 Å². The number of hydrogen-bond donors (Lipinski definition) is 1. The van der Waals surface area contributed by atoms with Gasteiger partial charge in [-0.1, -0.05) is 24.3 Å². The highest BCUT2D eigenvalue weighted by Gasteiger charge is 2.37. The molecule has 0 aliphatic heterocycles. The zero-order chi connectivity index (χ0) is 16.0. The fourth-order valence-corrected chi connectivity index (χ4v) is 2.54. The van der Waals surface area contributed by atoms with Crippen LogP contribution in [0.2, 0.25) is 0 Å². The Labute approximate surface area is 123 Å². The molecule has 0 unspecified atom stereocenters. The topological polar surface area (TPSA) is 115 Å². The zero-order valence-electron chi connectivity index (χ0n) is 10.9. The van der Waals surface area contributed by atoms with Crippen LogP contribution >= 0.6 is 0 Å². The largest absolute Gasteiger partial charge is 0.477 e. The summed E-state index contributed by atoms with van der Waals surface area (Å²) >= 11 is 0. The van der Waals surface area contributed by atoms with Crippen molar-refractivity contribution in [2.24, 2.45) is 0 Å². The highest BCUT2D eigenvalue weighted by Crippen LogP contribution is 2.33. The molecule has 0 heterocycles. The Hall–Kier alpha value is -3.35. The van der Waals surface area contributed by atoms with Gasteiger partial charge in [0.1, 0.15) is 5.56 Å². The number of aromatic carboxylic acids is 1. The Kier molecular flexibility index (Phi) is 2.84. The van der Waals surface area contributed by atoms with Crippen molar-refractivity contribution in [3.05, 3.63) is 74.3 Å². The number of carbonyl (C=O) groups excluding carboxylic acids is 2. The van der Waals surface area contributed by atoms with Gasteiger partial charge in [0.25, 0.3) is 5.69 Å². The average molecular weight is 297 g/mol. The lowest BCUT2D eigenvalue weighted by molar-refractivity contribution is -0.385. The monoisotopic (exact) mass is 297 g/mol. The molecule has 0 atom stereocenters. The molecule has 3 rings (SSSR count). The summed E-state index contributed by atoms with van der Waals surface area (Å²) in [6.45, 7) is 0. The predicted molar refractivity (Wildman–Crippen MR) is 73.4 cm³/mol. The molecule has 2 aromatic rings. The summed E-state index contributed by atoms with van der Waals surface area (Å²) < 4.78 is 0. The summed E-state index contributed by atoms with van der Waals surface area (Å²) in [7, 11) is 0. The van der Waals surface area contributed by atoms with Crippen molar-refractivity contribution in [1.82, 2.24) is 0 Å². The maximum Gasteiger partial charge on any atom is 0.343 e. The maximum atomic E-state index is 12.5. The van der Waals surface area contributed by atoms with E-state index in [9.17, 15) is 29.6 Å². The standard InChI is InChI=1S/C15H7NO6/c17-13-7-3-1-2-4-8(7)14(18)11-9(13)5-6-10(16(21)22)12(11)15(19)20/h1-6H,(H,19,20). The first-order valence-electron chi connectivity index (χ1n) is 6.16. The highest BCUT2D eigenvalue weighted by atomic mass is 16.6. The van der Waals surface area contributed by atoms with E-state index < -0.39 is 39.3 Å². The van der Waals surface area contributed by atoms with Crippen LogP contribution in [0.5, 0.6) is 0 Å². The SMILES string of the molecule is O=C1c2ccccc2C(=O)c2c1ccc([N+](=O)[O-])c2C(=O)O. The Balaban J connectivity index is 2.41. The lowest BCUT2D eigenvalue weighted by Gasteiger charge is -2.18. The molecular weight excluding hydrogens is 290 g/mol. The van der Waals surface area contributed by atoms with Gasteiger partial charge < -0.3 is 5.11 Å². The van der Waals surface area contributed by atoms with E-state index in [1.165, 1.54) is 18.2 Å². The summed E-state index contributed by atoms with van der Waals surface area (Å²) in [5.74, 6) is -2.85. The quantitative estimate of drug-likeness (QED) is 0.572. The van der Waals surface area contributed by atoms with Crippen LogP contribution in [-0.2, 0) is 0 Å². The van der Waals surface area contributed by atoms with Gasteiger partial charge >= 0.3 is 5.97 Å². The normalized spacial score (nSPS) is 12.5. The fourth-order valence-electron chi connectivity index (χ4n) is 2.54. The number of carboxylic acids is 1. The number of nitro groups is 1. The second-order valence-electron chi connectivity index (χ2n) is 4.65. The molecule has 0 fully saturated rings. The van der Waals surface area contributed by atoms with Crippen molar-refractivity contribution in [2.75, 3.05) is 0 Å². The first-order valence-corrected chi connectivity index (χ1v) is 6.16. The minimum absolute atomic E-state index is 0.0444. The number of fused-ring (bicyclic) bond motifs is 2. The summed E-state index contributed by atoms with van der Waals surface area (Å²) in [4.78, 5) is 46.4. The molecule has 1 aliphatic carbocycles. The average Bonchev–Trinajstić information content (AvgIpc) is 2.51. The zero-order valence-corrected chi connectivity index (χ0v) is 10.9. The lowest BCUT2D eigenvalue weighted by atomic mass is 9.81. The third kappa shape index (κ3) is 1.72. The number of carboxylic acid groups (broad SMARTS) is 1. The van der Waals surface area contributed by atoms with Crippen molar-refractivity contribution in [1.29, 1.82) is 0 Å². The minimum atomic E-state index is -1.62. The molecule has 7 heteroatoms. The van der Waals surface area contributed by atoms with E-state index in [0.717, 1.165) is 12.1 Å². The van der Waals surface area contributed by atoms with Crippen LogP contribution in [-0.4, -0.2) is 27.6 Å². The first kappa shape index (κ1) is 13.6. The number of ketones is 2. The molecular formula is C15H7NO6. The molecule has 0 saturated heterocycles. The summed E-state index contributed by atoms with van der Waals surface area (Å²) in [5.41, 5.74) is -1.83. The van der Waals surface area contributed by atoms with E-state index >= 15 is 0 Å². The third-order valence-electron chi connectivity index (χ3n) is 3.48. The molecule has 0 amide bonds. The van der Waals surface area contributed by atoms with Crippen LogP contribution in [0, 0.1) is 10.1 Å². The van der Waals surface area contributed by atoms with Gasteiger partial charge in [-0.25, -0.2) is 4.79 Å². The molecule has 22 heavy (non-hydrogen) atoms. The van der Waals surface area contributed by atoms with E-state index in [4.69, 9.17) is 0 Å². The van der Waals surface area contributed by atoms with Gasteiger partial charge in [-0.3, -0.25) is 19.7 Å². The minimum Gasteiger partial charge on any atom is -0.477 e. The Morgan fingerprint density at radius 2 is 1.55 bits per heavy atom. The van der Waals surface area contributed by atoms with Crippen LogP contribution in [0.3, 0.4) is 0 Å². The number of nitrogens with zero attached hydrogens (tertiary/aromatic N) is 1. The van der Waals surface area contributed by atoms with Gasteiger partial charge in [-0.05, 0) is 6.07 Å². The van der Waals surface area contributed by atoms with Crippen LogP contribution in [0.1, 0.15) is 42.2 Å². The van der Waals surface area contributed by atoms with Crippen molar-refractivity contribution < 1.29 is 24.4 Å². The van der Waals surface area contributed by atoms with Crippen molar-refractivity contribution >= 4 is 23.2 Å². The third-order valence-corrected chi connectivity index (χ3v) is 3.48. The van der Waals surface area contributed by atoms with Crippen LogP contribution in [0.4, 0.5) is 5.69 Å². The van der Waals surface area contributed by atoms with Gasteiger partial charge in [0, 0.05) is 22.8 Å². The number of nitro benzene ring substituents is 1. The molecule has 0 spiro atoms. The second-order valence-corrected chi connectivity index (χ2v) is 4.65. The maximum absolute atomic E-state index is 12.5. The molecule has 1 N–H and O–H groups in total. The van der Waals surface area contributed by atoms with E-state index in [1.807, 2.05) is 0 Å². The van der Waals surface area contributed by atoms with Crippen LogP contribution < -0.4 is 0 Å². The van der Waals surface area contributed by atoms with Gasteiger partial charge in [0.05, 0.1) is 10.5 Å². The molecule has 0 saturated carbocycles. The van der Waals surface area contributed by atoms with E-state index in [-0.39, 0.29) is 16.7 Å². The van der Waals surface area contributed by atoms with E-state index in [0.29, 0.717) is 0 Å². The molecule has 2 aromatic carbocycles. The molecule has 1 aliphatic rings. The van der Waals surface area contributed by atoms with Crippen molar-refractivity contribution in [3.8, 4) is 0 Å². The number of hydrogen-bond acceptors (Lipinski definition) is 5. The molecule has 7 nitrogen and oxygen atoms in total. The number of carbonyl (C=O) groups is 3. The molecule has 0 aromatic heterocycles. The Morgan fingerprint density at radius 1 is 0.955 bits per heavy atom. The number of rotatable bonds is 2. The van der Waals surface area contributed by atoms with Gasteiger partial charge in [-0.2, -0.15) is 0 Å². The van der Waals surface area contributed by atoms with Crippen molar-refractivity contribution in [2.45, 2.75) is 0 Å². The highest BCUT2D eigenvalue weighted by molar-refractivity contribution is 6.31. The fraction of sp³-hybridized carbons (Fsp3) is 0. The molecule has 0 bridgehead atoms. The van der Waals surface area contributed by atoms with Crippen molar-refractivity contribution in [3.63, 3.8) is 0 Å². The molecule has 0 radical (unpaired) electrons. The van der Waals surface area contributed by atoms with E-state index in [1.54, 1.807) is 6.07 Å². The van der Waals surface area contributed by atoms with Gasteiger partial charge in [-0.15, -0.1) is 0 Å². The lowest BCUT2D eigenvalue weighted by Crippen LogP contribution is -2.24. The number of benzene rings is 2.